The summed E-state index contributed by atoms with van der Waals surface area (Å²) in [5.41, 5.74) is 0. The largest absolute Gasteiger partial charge is 0.462 e. The Balaban J connectivity index is 4.10. The van der Waals surface area contributed by atoms with Crippen molar-refractivity contribution >= 4 is 17.9 Å². The van der Waals surface area contributed by atoms with Crippen LogP contribution in [0.25, 0.3) is 0 Å². The van der Waals surface area contributed by atoms with Gasteiger partial charge in [0.2, 0.25) is 0 Å². The first-order valence-electron chi connectivity index (χ1n) is 33.0. The summed E-state index contributed by atoms with van der Waals surface area (Å²) in [5.74, 6) is -0.920. The molecule has 0 bridgehead atoms. The summed E-state index contributed by atoms with van der Waals surface area (Å²) in [7, 11) is 0. The van der Waals surface area contributed by atoms with Gasteiger partial charge in [-0.05, 0) is 128 Å². The van der Waals surface area contributed by atoms with Gasteiger partial charge in [0.25, 0.3) is 0 Å². The van der Waals surface area contributed by atoms with Gasteiger partial charge in [0.05, 0.1) is 0 Å². The molecule has 6 heteroatoms. The summed E-state index contributed by atoms with van der Waals surface area (Å²) >= 11 is 0. The zero-order valence-electron chi connectivity index (χ0n) is 52.2. The average molecular weight is 1120 g/mol. The smallest absolute Gasteiger partial charge is 0.306 e. The topological polar surface area (TPSA) is 78.9 Å². The number of hydrogen-bond acceptors (Lipinski definition) is 6. The highest BCUT2D eigenvalue weighted by Gasteiger charge is 2.19. The van der Waals surface area contributed by atoms with Crippen molar-refractivity contribution in [2.45, 2.75) is 284 Å². The molecular weight excluding hydrogens is 997 g/mol. The van der Waals surface area contributed by atoms with E-state index in [1.54, 1.807) is 0 Å². The van der Waals surface area contributed by atoms with E-state index in [0.717, 1.165) is 161 Å². The molecule has 0 rings (SSSR count). The van der Waals surface area contributed by atoms with Crippen LogP contribution in [-0.2, 0) is 28.6 Å². The highest BCUT2D eigenvalue weighted by atomic mass is 16.6. The number of unbranched alkanes of at least 4 members (excludes halogenated alkanes) is 21. The Hall–Kier alpha value is -4.97. The fourth-order valence-corrected chi connectivity index (χ4v) is 8.66. The Kier molecular flexibility index (Phi) is 63.4. The molecule has 0 aliphatic carbocycles. The monoisotopic (exact) mass is 1120 g/mol. The van der Waals surface area contributed by atoms with Crippen molar-refractivity contribution in [3.8, 4) is 0 Å². The standard InChI is InChI=1S/C75H120O6/c1-4-7-10-13-15-17-19-21-23-25-27-29-31-32-33-34-35-36-37-38-39-40-41-42-44-45-47-49-51-53-55-57-59-62-65-68-74(77)80-71-72(70-79-73(76)67-64-61-12-9-6-3)81-75(78)69-66-63-60-58-56-54-52-50-48-46-43-30-28-26-24-22-20-18-16-14-11-8-5-2/h7-8,10-11,15-18,21-24,27-30,32-33,35-36,38-39,41-42,45,47,72H,4-6,9,12-14,19-20,25-26,31,34,37,40,43-44,46,48-71H2,1-3H3/b10-7-,11-8-,17-15-,18-16-,23-21-,24-22-,29-27-,30-28-,33-32-,36-35-,39-38-,42-41-,47-45-. The summed E-state index contributed by atoms with van der Waals surface area (Å²) in [6.07, 6.45) is 98.7. The van der Waals surface area contributed by atoms with E-state index in [-0.39, 0.29) is 31.1 Å². The second kappa shape index (κ2) is 67.5. The van der Waals surface area contributed by atoms with Crippen molar-refractivity contribution in [1.82, 2.24) is 0 Å². The SMILES string of the molecule is CC/C=C\C/C=C\C/C=C\C/C=C\C/C=C\C/C=C\C/C=C\C/C=C\C/C=C\CCCCCCCCCC(=O)OCC(COC(=O)CCCCCCC)OC(=O)CCCCCCCCCCCC/C=C\C/C=C\C/C=C\C/C=C\CC. The first-order valence-corrected chi connectivity index (χ1v) is 33.0. The van der Waals surface area contributed by atoms with Crippen LogP contribution in [0.5, 0.6) is 0 Å². The number of carbonyl (C=O) groups is 3. The molecular formula is C75H120O6. The fourth-order valence-electron chi connectivity index (χ4n) is 8.66. The van der Waals surface area contributed by atoms with Gasteiger partial charge in [-0.25, -0.2) is 0 Å². The Morgan fingerprint density at radius 1 is 0.259 bits per heavy atom. The van der Waals surface area contributed by atoms with Gasteiger partial charge in [0.1, 0.15) is 13.2 Å². The highest BCUT2D eigenvalue weighted by Crippen LogP contribution is 2.15. The van der Waals surface area contributed by atoms with Gasteiger partial charge in [0.15, 0.2) is 6.10 Å². The van der Waals surface area contributed by atoms with Crippen LogP contribution in [0.2, 0.25) is 0 Å². The van der Waals surface area contributed by atoms with E-state index in [9.17, 15) is 14.4 Å². The lowest BCUT2D eigenvalue weighted by molar-refractivity contribution is -0.167. The normalized spacial score (nSPS) is 13.2. The molecule has 0 spiro atoms. The maximum absolute atomic E-state index is 12.8. The van der Waals surface area contributed by atoms with E-state index in [1.165, 1.54) is 77.0 Å². The van der Waals surface area contributed by atoms with Crippen molar-refractivity contribution in [2.75, 3.05) is 13.2 Å². The van der Waals surface area contributed by atoms with Gasteiger partial charge < -0.3 is 14.2 Å². The third kappa shape index (κ3) is 65.7. The molecule has 0 aliphatic rings. The lowest BCUT2D eigenvalue weighted by Crippen LogP contribution is -2.30. The van der Waals surface area contributed by atoms with Crippen LogP contribution in [0.4, 0.5) is 0 Å². The molecule has 0 aromatic carbocycles. The minimum atomic E-state index is -0.788. The van der Waals surface area contributed by atoms with E-state index in [0.29, 0.717) is 19.3 Å². The maximum Gasteiger partial charge on any atom is 0.306 e. The molecule has 0 heterocycles. The predicted octanol–water partition coefficient (Wildman–Crippen LogP) is 22.9. The molecule has 0 saturated heterocycles. The molecule has 0 radical (unpaired) electrons. The molecule has 0 amide bonds. The van der Waals surface area contributed by atoms with Crippen LogP contribution in [0.1, 0.15) is 278 Å². The van der Waals surface area contributed by atoms with E-state index in [1.807, 2.05) is 0 Å². The van der Waals surface area contributed by atoms with Crippen LogP contribution in [-0.4, -0.2) is 37.2 Å². The van der Waals surface area contributed by atoms with Gasteiger partial charge >= 0.3 is 17.9 Å². The molecule has 0 saturated carbocycles. The molecule has 6 nitrogen and oxygen atoms in total. The van der Waals surface area contributed by atoms with Gasteiger partial charge in [-0.1, -0.05) is 288 Å². The number of rotatable bonds is 58. The molecule has 81 heavy (non-hydrogen) atoms. The molecule has 1 atom stereocenters. The maximum atomic E-state index is 12.8. The molecule has 0 fully saturated rings. The summed E-state index contributed by atoms with van der Waals surface area (Å²) in [6, 6.07) is 0. The quantitative estimate of drug-likeness (QED) is 0.0261. The number of allylic oxidation sites excluding steroid dienone is 26. The van der Waals surface area contributed by atoms with Crippen molar-refractivity contribution in [2.24, 2.45) is 0 Å². The molecule has 1 unspecified atom stereocenters. The van der Waals surface area contributed by atoms with Gasteiger partial charge in [-0.3, -0.25) is 14.4 Å². The average Bonchev–Trinajstić information content (AvgIpc) is 3.47. The van der Waals surface area contributed by atoms with Crippen molar-refractivity contribution < 1.29 is 28.6 Å². The first kappa shape index (κ1) is 76.0. The van der Waals surface area contributed by atoms with Crippen molar-refractivity contribution in [3.05, 3.63) is 158 Å². The summed E-state index contributed by atoms with van der Waals surface area (Å²) in [5, 5.41) is 0. The third-order valence-corrected chi connectivity index (χ3v) is 13.5. The Labute approximate surface area is 499 Å². The Morgan fingerprint density at radius 2 is 0.481 bits per heavy atom. The zero-order chi connectivity index (χ0) is 58.5. The van der Waals surface area contributed by atoms with Crippen molar-refractivity contribution in [3.63, 3.8) is 0 Å². The minimum Gasteiger partial charge on any atom is -0.462 e. The lowest BCUT2D eigenvalue weighted by Gasteiger charge is -2.18. The number of ether oxygens (including phenoxy) is 3. The van der Waals surface area contributed by atoms with E-state index >= 15 is 0 Å². The number of esters is 3. The molecule has 456 valence electrons. The van der Waals surface area contributed by atoms with Gasteiger partial charge in [-0.15, -0.1) is 0 Å². The highest BCUT2D eigenvalue weighted by molar-refractivity contribution is 5.71. The summed E-state index contributed by atoms with van der Waals surface area (Å²) < 4.78 is 16.8. The fraction of sp³-hybridized carbons (Fsp3) is 0.613. The zero-order valence-corrected chi connectivity index (χ0v) is 52.2. The lowest BCUT2D eigenvalue weighted by atomic mass is 10.0. The molecule has 0 aromatic rings. The van der Waals surface area contributed by atoms with Crippen LogP contribution < -0.4 is 0 Å². The minimum absolute atomic E-state index is 0.0881. The van der Waals surface area contributed by atoms with Crippen LogP contribution in [0.3, 0.4) is 0 Å². The predicted molar refractivity (Wildman–Crippen MR) is 352 cm³/mol. The molecule has 0 N–H and O–H groups in total. The number of hydrogen-bond donors (Lipinski definition) is 0. The Bertz CT molecular complexity index is 1810. The third-order valence-electron chi connectivity index (χ3n) is 13.5. The van der Waals surface area contributed by atoms with E-state index in [4.69, 9.17) is 14.2 Å². The second-order valence-corrected chi connectivity index (χ2v) is 21.3. The number of carbonyl (C=O) groups excluding carboxylic acids is 3. The summed E-state index contributed by atoms with van der Waals surface area (Å²) in [6.45, 7) is 6.32. The van der Waals surface area contributed by atoms with Gasteiger partial charge in [0, 0.05) is 19.3 Å². The Morgan fingerprint density at radius 3 is 0.753 bits per heavy atom. The van der Waals surface area contributed by atoms with Gasteiger partial charge in [-0.2, -0.15) is 0 Å². The van der Waals surface area contributed by atoms with Crippen LogP contribution >= 0.6 is 0 Å². The molecule has 0 aromatic heterocycles. The van der Waals surface area contributed by atoms with E-state index < -0.39 is 6.10 Å². The van der Waals surface area contributed by atoms with E-state index in [2.05, 4.69) is 179 Å². The summed E-state index contributed by atoms with van der Waals surface area (Å²) in [4.78, 5) is 38.0. The first-order chi connectivity index (χ1) is 40.0. The second-order valence-electron chi connectivity index (χ2n) is 21.3. The van der Waals surface area contributed by atoms with Crippen LogP contribution in [0, 0.1) is 0 Å². The van der Waals surface area contributed by atoms with Crippen LogP contribution in [0.15, 0.2) is 158 Å². The molecule has 0 aliphatic heterocycles. The van der Waals surface area contributed by atoms with Crippen molar-refractivity contribution in [1.29, 1.82) is 0 Å².